The number of hydrogen-bond acceptors (Lipinski definition) is 7. The molecule has 0 aliphatic rings. The van der Waals surface area contributed by atoms with Gasteiger partial charge in [-0.15, -0.1) is 0 Å². The van der Waals surface area contributed by atoms with Crippen LogP contribution in [0.25, 0.3) is 16.9 Å². The fraction of sp³-hybridized carbons (Fsp3) is 0.222. The van der Waals surface area contributed by atoms with Crippen LogP contribution in [-0.4, -0.2) is 47.8 Å². The van der Waals surface area contributed by atoms with Crippen LogP contribution >= 0.6 is 0 Å². The second kappa shape index (κ2) is 7.22. The predicted molar refractivity (Wildman–Crippen MR) is 92.2 cm³/mol. The standard InChI is InChI=1S/C18H17N3O5/c1-24-12-5-6-13-11(9-12)10-14(15(16(22)25-2)17(23)26-3)21(13)18-19-7-4-8-20-18/h4-10,15H,1-3H3. The minimum absolute atomic E-state index is 0.320. The number of hydrogen-bond donors (Lipinski definition) is 0. The van der Waals surface area contributed by atoms with Crippen LogP contribution in [0.3, 0.4) is 0 Å². The monoisotopic (exact) mass is 355 g/mol. The molecule has 3 aromatic rings. The number of methoxy groups -OCH3 is 3. The lowest BCUT2D eigenvalue weighted by Crippen LogP contribution is -2.26. The first-order chi connectivity index (χ1) is 12.6. The molecule has 0 saturated heterocycles. The van der Waals surface area contributed by atoms with E-state index in [-0.39, 0.29) is 0 Å². The summed E-state index contributed by atoms with van der Waals surface area (Å²) in [6.45, 7) is 0. The summed E-state index contributed by atoms with van der Waals surface area (Å²) in [5.41, 5.74) is 1.06. The maximum atomic E-state index is 12.3. The van der Waals surface area contributed by atoms with E-state index in [0.29, 0.717) is 22.9 Å². The summed E-state index contributed by atoms with van der Waals surface area (Å²) >= 11 is 0. The molecule has 0 spiro atoms. The van der Waals surface area contributed by atoms with E-state index in [2.05, 4.69) is 9.97 Å². The second-order valence-electron chi connectivity index (χ2n) is 5.36. The maximum absolute atomic E-state index is 12.3. The van der Waals surface area contributed by atoms with Gasteiger partial charge >= 0.3 is 11.9 Å². The molecule has 0 atom stereocenters. The Hall–Kier alpha value is -3.42. The topological polar surface area (TPSA) is 92.5 Å². The number of carbonyl (C=O) groups excluding carboxylic acids is 2. The predicted octanol–water partition coefficient (Wildman–Crippen LogP) is 1.86. The molecule has 8 heteroatoms. The summed E-state index contributed by atoms with van der Waals surface area (Å²) in [4.78, 5) is 33.1. The summed E-state index contributed by atoms with van der Waals surface area (Å²) in [6, 6.07) is 8.75. The fourth-order valence-electron chi connectivity index (χ4n) is 2.76. The maximum Gasteiger partial charge on any atom is 0.326 e. The third-order valence-electron chi connectivity index (χ3n) is 3.96. The van der Waals surface area contributed by atoms with Crippen LogP contribution in [0.5, 0.6) is 5.75 Å². The Morgan fingerprint density at radius 2 is 1.65 bits per heavy atom. The van der Waals surface area contributed by atoms with Gasteiger partial charge in [0.2, 0.25) is 5.95 Å². The van der Waals surface area contributed by atoms with Gasteiger partial charge in [-0.3, -0.25) is 14.2 Å². The van der Waals surface area contributed by atoms with Crippen LogP contribution < -0.4 is 4.74 Å². The lowest BCUT2D eigenvalue weighted by Gasteiger charge is -2.15. The molecule has 0 amide bonds. The first kappa shape index (κ1) is 17.4. The van der Waals surface area contributed by atoms with E-state index in [1.54, 1.807) is 54.4 Å². The first-order valence-electron chi connectivity index (χ1n) is 7.73. The van der Waals surface area contributed by atoms with Gasteiger partial charge in [0, 0.05) is 17.8 Å². The molecule has 0 radical (unpaired) electrons. The van der Waals surface area contributed by atoms with Crippen molar-refractivity contribution in [2.75, 3.05) is 21.3 Å². The van der Waals surface area contributed by atoms with E-state index in [1.807, 2.05) is 0 Å². The lowest BCUT2D eigenvalue weighted by molar-refractivity contribution is -0.154. The molecule has 2 heterocycles. The molecule has 1 aromatic carbocycles. The number of ether oxygens (including phenoxy) is 3. The fourth-order valence-corrected chi connectivity index (χ4v) is 2.76. The largest absolute Gasteiger partial charge is 0.497 e. The van der Waals surface area contributed by atoms with Crippen LogP contribution in [0, 0.1) is 0 Å². The van der Waals surface area contributed by atoms with Gasteiger partial charge in [0.1, 0.15) is 5.75 Å². The van der Waals surface area contributed by atoms with Crippen molar-refractivity contribution < 1.29 is 23.8 Å². The minimum Gasteiger partial charge on any atom is -0.497 e. The smallest absolute Gasteiger partial charge is 0.326 e. The van der Waals surface area contributed by atoms with Gasteiger partial charge in [0.15, 0.2) is 5.92 Å². The second-order valence-corrected chi connectivity index (χ2v) is 5.36. The Morgan fingerprint density at radius 3 is 2.23 bits per heavy atom. The molecule has 0 aliphatic carbocycles. The van der Waals surface area contributed by atoms with Crippen LogP contribution in [0.1, 0.15) is 11.6 Å². The Labute approximate surface area is 149 Å². The molecule has 3 rings (SSSR count). The van der Waals surface area contributed by atoms with E-state index >= 15 is 0 Å². The Balaban J connectivity index is 2.32. The molecule has 0 unspecified atom stereocenters. The normalized spacial score (nSPS) is 10.8. The molecule has 134 valence electrons. The Bertz CT molecular complexity index is 936. The van der Waals surface area contributed by atoms with E-state index in [4.69, 9.17) is 14.2 Å². The molecule has 0 N–H and O–H groups in total. The van der Waals surface area contributed by atoms with Gasteiger partial charge < -0.3 is 14.2 Å². The van der Waals surface area contributed by atoms with Crippen molar-refractivity contribution >= 4 is 22.8 Å². The highest BCUT2D eigenvalue weighted by Crippen LogP contribution is 2.31. The van der Waals surface area contributed by atoms with Crippen molar-refractivity contribution in [1.82, 2.24) is 14.5 Å². The number of aromatic nitrogens is 3. The van der Waals surface area contributed by atoms with Gasteiger partial charge in [-0.2, -0.15) is 0 Å². The summed E-state index contributed by atoms with van der Waals surface area (Å²) < 4.78 is 16.5. The van der Waals surface area contributed by atoms with Crippen molar-refractivity contribution in [3.63, 3.8) is 0 Å². The summed E-state index contributed by atoms with van der Waals surface area (Å²) in [6.07, 6.45) is 3.15. The highest BCUT2D eigenvalue weighted by molar-refractivity contribution is 6.02. The van der Waals surface area contributed by atoms with Gasteiger partial charge in [0.25, 0.3) is 0 Å². The van der Waals surface area contributed by atoms with Crippen molar-refractivity contribution in [3.05, 3.63) is 48.4 Å². The molecular formula is C18H17N3O5. The van der Waals surface area contributed by atoms with Crippen LogP contribution in [0.15, 0.2) is 42.7 Å². The Kier molecular flexibility index (Phi) is 4.83. The number of esters is 2. The van der Waals surface area contributed by atoms with E-state index in [1.165, 1.54) is 14.2 Å². The minimum atomic E-state index is -1.27. The molecule has 0 bridgehead atoms. The van der Waals surface area contributed by atoms with Crippen LogP contribution in [0.4, 0.5) is 0 Å². The molecule has 8 nitrogen and oxygen atoms in total. The van der Waals surface area contributed by atoms with Gasteiger partial charge in [0.05, 0.1) is 32.5 Å². The quantitative estimate of drug-likeness (QED) is 0.509. The lowest BCUT2D eigenvalue weighted by atomic mass is 10.1. The van der Waals surface area contributed by atoms with Gasteiger partial charge in [-0.1, -0.05) is 0 Å². The van der Waals surface area contributed by atoms with Crippen LogP contribution in [0.2, 0.25) is 0 Å². The number of nitrogens with zero attached hydrogens (tertiary/aromatic N) is 3. The van der Waals surface area contributed by atoms with E-state index in [0.717, 1.165) is 5.39 Å². The van der Waals surface area contributed by atoms with Crippen molar-refractivity contribution in [3.8, 4) is 11.7 Å². The average molecular weight is 355 g/mol. The van der Waals surface area contributed by atoms with Gasteiger partial charge in [-0.25, -0.2) is 9.97 Å². The molecular weight excluding hydrogens is 338 g/mol. The summed E-state index contributed by atoms with van der Waals surface area (Å²) in [7, 11) is 3.99. The van der Waals surface area contributed by atoms with Crippen molar-refractivity contribution in [1.29, 1.82) is 0 Å². The zero-order valence-corrected chi connectivity index (χ0v) is 14.5. The number of carbonyl (C=O) groups is 2. The number of benzene rings is 1. The number of fused-ring (bicyclic) bond motifs is 1. The molecule has 0 fully saturated rings. The van der Waals surface area contributed by atoms with E-state index < -0.39 is 17.9 Å². The Morgan fingerprint density at radius 1 is 1.00 bits per heavy atom. The highest BCUT2D eigenvalue weighted by atomic mass is 16.5. The molecule has 0 aliphatic heterocycles. The average Bonchev–Trinajstić information content (AvgIpc) is 3.06. The van der Waals surface area contributed by atoms with Crippen molar-refractivity contribution in [2.24, 2.45) is 0 Å². The van der Waals surface area contributed by atoms with Crippen molar-refractivity contribution in [2.45, 2.75) is 5.92 Å². The SMILES string of the molecule is COC(=O)C(C(=O)OC)c1cc2cc(OC)ccc2n1-c1ncccn1. The number of rotatable bonds is 5. The zero-order chi connectivity index (χ0) is 18.7. The van der Waals surface area contributed by atoms with Gasteiger partial charge in [-0.05, 0) is 30.3 Å². The molecule has 26 heavy (non-hydrogen) atoms. The summed E-state index contributed by atoms with van der Waals surface area (Å²) in [5, 5.41) is 0.754. The third-order valence-corrected chi connectivity index (χ3v) is 3.96. The van der Waals surface area contributed by atoms with Crippen LogP contribution in [-0.2, 0) is 19.1 Å². The molecule has 0 saturated carbocycles. The third kappa shape index (κ3) is 2.97. The zero-order valence-electron chi connectivity index (χ0n) is 14.5. The highest BCUT2D eigenvalue weighted by Gasteiger charge is 2.35. The first-order valence-corrected chi connectivity index (χ1v) is 7.73. The van der Waals surface area contributed by atoms with E-state index in [9.17, 15) is 9.59 Å². The molecule has 2 aromatic heterocycles. The summed E-state index contributed by atoms with van der Waals surface area (Å²) in [5.74, 6) is -1.77.